The smallest absolute Gasteiger partial charge is 0.414 e. The van der Waals surface area contributed by atoms with Crippen LogP contribution in [0.15, 0.2) is 72.8 Å². The molecule has 3 rings (SSSR count). The van der Waals surface area contributed by atoms with Gasteiger partial charge in [0.25, 0.3) is 0 Å². The van der Waals surface area contributed by atoms with Crippen molar-refractivity contribution in [2.24, 2.45) is 0 Å². The number of nitrogens with zero attached hydrogens (tertiary/aromatic N) is 1. The molecule has 3 aromatic carbocycles. The van der Waals surface area contributed by atoms with Gasteiger partial charge in [0.2, 0.25) is 0 Å². The van der Waals surface area contributed by atoms with E-state index in [1.807, 2.05) is 30.3 Å². The van der Waals surface area contributed by atoms with Crippen LogP contribution in [0.25, 0.3) is 0 Å². The van der Waals surface area contributed by atoms with Gasteiger partial charge in [0.15, 0.2) is 11.5 Å². The van der Waals surface area contributed by atoms with Crippen molar-refractivity contribution in [3.63, 3.8) is 0 Å². The van der Waals surface area contributed by atoms with Crippen molar-refractivity contribution in [1.82, 2.24) is 0 Å². The van der Waals surface area contributed by atoms with Crippen molar-refractivity contribution in [3.8, 4) is 11.5 Å². The van der Waals surface area contributed by atoms with Gasteiger partial charge in [-0.15, -0.1) is 0 Å². The number of halogens is 1. The Balaban J connectivity index is 1.85. The van der Waals surface area contributed by atoms with E-state index in [1.54, 1.807) is 18.2 Å². The number of hydrogen-bond acceptors (Lipinski definition) is 4. The second-order valence-electron chi connectivity index (χ2n) is 6.07. The molecule has 0 radical (unpaired) electrons. The van der Waals surface area contributed by atoms with Crippen LogP contribution in [0.2, 0.25) is 0 Å². The van der Waals surface area contributed by atoms with Crippen molar-refractivity contribution in [2.75, 3.05) is 12.0 Å². The van der Waals surface area contributed by atoms with Gasteiger partial charge in [-0.25, -0.2) is 9.18 Å². The average Bonchev–Trinajstić information content (AvgIpc) is 2.73. The van der Waals surface area contributed by atoms with Crippen LogP contribution in [0.1, 0.15) is 11.1 Å². The molecule has 6 heteroatoms. The van der Waals surface area contributed by atoms with E-state index in [4.69, 9.17) is 9.47 Å². The third-order valence-electron chi connectivity index (χ3n) is 4.19. The number of ether oxygens (including phenoxy) is 2. The topological polar surface area (TPSA) is 59.0 Å². The van der Waals surface area contributed by atoms with Gasteiger partial charge in [-0.3, -0.25) is 4.90 Å². The first-order valence-corrected chi connectivity index (χ1v) is 8.67. The molecule has 3 aromatic rings. The van der Waals surface area contributed by atoms with Crippen LogP contribution >= 0.6 is 0 Å². The Hall–Kier alpha value is -3.54. The van der Waals surface area contributed by atoms with E-state index in [1.165, 1.54) is 36.3 Å². The first kappa shape index (κ1) is 19.2. The maximum atomic E-state index is 13.3. The standard InChI is InChI=1S/C22H20FNO4/c1-27-20-9-5-8-17(21(20)25)14-24(19-12-10-18(23)11-13-19)22(26)28-15-16-6-3-2-4-7-16/h2-13,25H,14-15H2,1H3. The Bertz CT molecular complexity index is 929. The molecule has 0 fully saturated rings. The molecule has 144 valence electrons. The molecular weight excluding hydrogens is 361 g/mol. The molecule has 0 spiro atoms. The van der Waals surface area contributed by atoms with Crippen LogP contribution in [0.5, 0.6) is 11.5 Å². The number of anilines is 1. The molecule has 0 aliphatic carbocycles. The number of phenols is 1. The number of benzene rings is 3. The molecule has 28 heavy (non-hydrogen) atoms. The molecule has 1 amide bonds. The first-order valence-electron chi connectivity index (χ1n) is 8.67. The lowest BCUT2D eigenvalue weighted by molar-refractivity contribution is 0.146. The van der Waals surface area contributed by atoms with Gasteiger partial charge in [-0.05, 0) is 35.9 Å². The minimum absolute atomic E-state index is 0.0300. The zero-order valence-corrected chi connectivity index (χ0v) is 15.3. The number of amides is 1. The van der Waals surface area contributed by atoms with Crippen LogP contribution in [-0.2, 0) is 17.9 Å². The fraction of sp³-hybridized carbons (Fsp3) is 0.136. The van der Waals surface area contributed by atoms with Crippen molar-refractivity contribution in [1.29, 1.82) is 0 Å². The summed E-state index contributed by atoms with van der Waals surface area (Å²) in [5.74, 6) is -0.173. The van der Waals surface area contributed by atoms with Gasteiger partial charge < -0.3 is 14.6 Å². The van der Waals surface area contributed by atoms with E-state index >= 15 is 0 Å². The number of methoxy groups -OCH3 is 1. The summed E-state index contributed by atoms with van der Waals surface area (Å²) >= 11 is 0. The zero-order chi connectivity index (χ0) is 19.9. The van der Waals surface area contributed by atoms with Gasteiger partial charge in [-0.2, -0.15) is 0 Å². The lowest BCUT2D eigenvalue weighted by atomic mass is 10.1. The van der Waals surface area contributed by atoms with E-state index in [0.717, 1.165) is 5.56 Å². The van der Waals surface area contributed by atoms with E-state index in [2.05, 4.69) is 0 Å². The molecule has 5 nitrogen and oxygen atoms in total. The summed E-state index contributed by atoms with van der Waals surface area (Å²) in [6.45, 7) is 0.129. The lowest BCUT2D eigenvalue weighted by Gasteiger charge is -2.23. The zero-order valence-electron chi connectivity index (χ0n) is 15.3. The van der Waals surface area contributed by atoms with E-state index in [0.29, 0.717) is 17.0 Å². The van der Waals surface area contributed by atoms with Gasteiger partial charge in [0, 0.05) is 11.3 Å². The Morgan fingerprint density at radius 1 is 1.00 bits per heavy atom. The van der Waals surface area contributed by atoms with Crippen molar-refractivity contribution < 1.29 is 23.8 Å². The lowest BCUT2D eigenvalue weighted by Crippen LogP contribution is -2.31. The molecule has 0 aromatic heterocycles. The number of hydrogen-bond donors (Lipinski definition) is 1. The maximum Gasteiger partial charge on any atom is 0.414 e. The van der Waals surface area contributed by atoms with E-state index in [9.17, 15) is 14.3 Å². The van der Waals surface area contributed by atoms with Crippen LogP contribution in [-0.4, -0.2) is 18.3 Å². The molecule has 0 bridgehead atoms. The Morgan fingerprint density at radius 2 is 1.71 bits per heavy atom. The Morgan fingerprint density at radius 3 is 2.39 bits per heavy atom. The summed E-state index contributed by atoms with van der Waals surface area (Å²) in [5, 5.41) is 10.4. The first-order chi connectivity index (χ1) is 13.6. The van der Waals surface area contributed by atoms with Crippen LogP contribution in [0, 0.1) is 5.82 Å². The molecule has 0 aliphatic heterocycles. The number of carbonyl (C=O) groups excluding carboxylic acids is 1. The normalized spacial score (nSPS) is 10.4. The SMILES string of the molecule is COc1cccc(CN(C(=O)OCc2ccccc2)c2ccc(F)cc2)c1O. The fourth-order valence-corrected chi connectivity index (χ4v) is 2.71. The maximum absolute atomic E-state index is 13.3. The number of rotatable bonds is 6. The largest absolute Gasteiger partial charge is 0.504 e. The van der Waals surface area contributed by atoms with E-state index < -0.39 is 11.9 Å². The minimum Gasteiger partial charge on any atom is -0.504 e. The van der Waals surface area contributed by atoms with Crippen molar-refractivity contribution in [2.45, 2.75) is 13.2 Å². The second kappa shape index (κ2) is 8.90. The number of carbonyl (C=O) groups is 1. The van der Waals surface area contributed by atoms with Crippen LogP contribution in [0.4, 0.5) is 14.9 Å². The predicted molar refractivity (Wildman–Crippen MR) is 104 cm³/mol. The summed E-state index contributed by atoms with van der Waals surface area (Å²) in [5.41, 5.74) is 1.76. The fourth-order valence-electron chi connectivity index (χ4n) is 2.71. The summed E-state index contributed by atoms with van der Waals surface area (Å²) in [4.78, 5) is 14.1. The van der Waals surface area contributed by atoms with Crippen LogP contribution in [0.3, 0.4) is 0 Å². The number of aromatic hydroxyl groups is 1. The molecule has 0 aliphatic rings. The summed E-state index contributed by atoms with van der Waals surface area (Å²) < 4.78 is 23.9. The highest BCUT2D eigenvalue weighted by Gasteiger charge is 2.20. The molecule has 0 atom stereocenters. The molecular formula is C22H20FNO4. The molecule has 0 heterocycles. The molecule has 1 N–H and O–H groups in total. The molecule has 0 unspecified atom stereocenters. The monoisotopic (exact) mass is 381 g/mol. The third kappa shape index (κ3) is 4.59. The van der Waals surface area contributed by atoms with Crippen molar-refractivity contribution >= 4 is 11.8 Å². The van der Waals surface area contributed by atoms with Crippen LogP contribution < -0.4 is 9.64 Å². The van der Waals surface area contributed by atoms with Gasteiger partial charge in [-0.1, -0.05) is 42.5 Å². The van der Waals surface area contributed by atoms with E-state index in [-0.39, 0.29) is 18.9 Å². The summed E-state index contributed by atoms with van der Waals surface area (Å²) in [6.07, 6.45) is -0.613. The predicted octanol–water partition coefficient (Wildman–Crippen LogP) is 4.88. The number of phenolic OH excluding ortho intramolecular Hbond substituents is 1. The second-order valence-corrected chi connectivity index (χ2v) is 6.07. The van der Waals surface area contributed by atoms with Gasteiger partial charge in [0.1, 0.15) is 12.4 Å². The Kier molecular flexibility index (Phi) is 6.11. The highest BCUT2D eigenvalue weighted by molar-refractivity contribution is 5.87. The Labute approximate surface area is 162 Å². The molecule has 0 saturated heterocycles. The average molecular weight is 381 g/mol. The number of para-hydroxylation sites is 1. The highest BCUT2D eigenvalue weighted by Crippen LogP contribution is 2.31. The van der Waals surface area contributed by atoms with Gasteiger partial charge >= 0.3 is 6.09 Å². The summed E-state index contributed by atoms with van der Waals surface area (Å²) in [7, 11) is 1.45. The highest BCUT2D eigenvalue weighted by atomic mass is 19.1. The molecule has 0 saturated carbocycles. The van der Waals surface area contributed by atoms with Crippen molar-refractivity contribution in [3.05, 3.63) is 89.7 Å². The quantitative estimate of drug-likeness (QED) is 0.661. The minimum atomic E-state index is -0.613. The van der Waals surface area contributed by atoms with Gasteiger partial charge in [0.05, 0.1) is 13.7 Å². The third-order valence-corrected chi connectivity index (χ3v) is 4.19. The summed E-state index contributed by atoms with van der Waals surface area (Å²) in [6, 6.07) is 19.8.